The van der Waals surface area contributed by atoms with Crippen LogP contribution in [0.2, 0.25) is 0 Å². The first-order valence-corrected chi connectivity index (χ1v) is 9.84. The lowest BCUT2D eigenvalue weighted by atomic mass is 9.89. The van der Waals surface area contributed by atoms with E-state index in [9.17, 15) is 4.39 Å². The zero-order valence-corrected chi connectivity index (χ0v) is 15.9. The molecule has 0 aliphatic carbocycles. The number of anilines is 1. The number of rotatable bonds is 4. The van der Waals surface area contributed by atoms with Gasteiger partial charge in [0.15, 0.2) is 0 Å². The number of piperidine rings is 1. The van der Waals surface area contributed by atoms with Gasteiger partial charge >= 0.3 is 0 Å². The average molecular weight is 388 g/mol. The summed E-state index contributed by atoms with van der Waals surface area (Å²) in [5.41, 5.74) is 2.59. The molecular weight excluding hydrogens is 367 g/mol. The van der Waals surface area contributed by atoms with Gasteiger partial charge in [0, 0.05) is 42.5 Å². The summed E-state index contributed by atoms with van der Waals surface area (Å²) in [5.74, 6) is 1.91. The van der Waals surface area contributed by atoms with Crippen LogP contribution in [0, 0.1) is 5.82 Å². The molecule has 2 aromatic heterocycles. The number of nitrogens with zero attached hydrogens (tertiary/aromatic N) is 3. The largest absolute Gasteiger partial charge is 0.439 e. The molecule has 1 N–H and O–H groups in total. The summed E-state index contributed by atoms with van der Waals surface area (Å²) in [6.07, 6.45) is 5.95. The van der Waals surface area contributed by atoms with Crippen molar-refractivity contribution in [2.24, 2.45) is 0 Å². The number of benzene rings is 2. The van der Waals surface area contributed by atoms with Crippen molar-refractivity contribution in [2.45, 2.75) is 18.8 Å². The summed E-state index contributed by atoms with van der Waals surface area (Å²) in [7, 11) is 0. The Hall–Kier alpha value is -3.41. The van der Waals surface area contributed by atoms with E-state index in [2.05, 4.69) is 50.3 Å². The van der Waals surface area contributed by atoms with Gasteiger partial charge in [0.1, 0.15) is 11.6 Å². The van der Waals surface area contributed by atoms with Crippen LogP contribution in [-0.2, 0) is 0 Å². The maximum Gasteiger partial charge on any atom is 0.228 e. The lowest BCUT2D eigenvalue weighted by Gasteiger charge is -2.32. The predicted octanol–water partition coefficient (Wildman–Crippen LogP) is 5.27. The Labute approximate surface area is 168 Å². The highest BCUT2D eigenvalue weighted by Crippen LogP contribution is 2.34. The standard InChI is InChI=1S/C23H21FN4O/c24-17-5-7-18(8-6-17)29-22-9-12-25-23(27-22)28-13-10-16(11-14-28)20-15-26-21-4-2-1-3-19(20)21/h1-9,12,15-16,26H,10-11,13-14H2. The van der Waals surface area contributed by atoms with Crippen LogP contribution in [0.15, 0.2) is 67.0 Å². The topological polar surface area (TPSA) is 54.0 Å². The van der Waals surface area contributed by atoms with Gasteiger partial charge in [-0.25, -0.2) is 9.37 Å². The van der Waals surface area contributed by atoms with E-state index in [1.807, 2.05) is 0 Å². The van der Waals surface area contributed by atoms with Gasteiger partial charge < -0.3 is 14.6 Å². The first-order valence-electron chi connectivity index (χ1n) is 9.84. The number of para-hydroxylation sites is 1. The summed E-state index contributed by atoms with van der Waals surface area (Å²) in [4.78, 5) is 14.6. The van der Waals surface area contributed by atoms with Crippen LogP contribution in [0.4, 0.5) is 10.3 Å². The van der Waals surface area contributed by atoms with Crippen molar-refractivity contribution in [3.63, 3.8) is 0 Å². The SMILES string of the molecule is Fc1ccc(Oc2ccnc(N3CCC(c4c[nH]c5ccccc45)CC3)n2)cc1. The third-order valence-corrected chi connectivity index (χ3v) is 5.49. The van der Waals surface area contributed by atoms with Crippen LogP contribution in [-0.4, -0.2) is 28.0 Å². The molecule has 0 unspecified atom stereocenters. The van der Waals surface area contributed by atoms with Crippen molar-refractivity contribution in [1.82, 2.24) is 15.0 Å². The summed E-state index contributed by atoms with van der Waals surface area (Å²) in [6.45, 7) is 1.79. The minimum Gasteiger partial charge on any atom is -0.439 e. The molecule has 0 bridgehead atoms. The Balaban J connectivity index is 1.28. The van der Waals surface area contributed by atoms with Crippen LogP contribution in [0.25, 0.3) is 10.9 Å². The molecule has 4 aromatic rings. The van der Waals surface area contributed by atoms with Crippen LogP contribution >= 0.6 is 0 Å². The number of nitrogens with one attached hydrogen (secondary N) is 1. The highest BCUT2D eigenvalue weighted by atomic mass is 19.1. The molecule has 3 heterocycles. The Bertz CT molecular complexity index is 1120. The van der Waals surface area contributed by atoms with E-state index in [0.29, 0.717) is 23.5 Å². The Kier molecular flexibility index (Phi) is 4.60. The fourth-order valence-corrected chi connectivity index (χ4v) is 3.99. The zero-order chi connectivity index (χ0) is 19.6. The molecule has 0 spiro atoms. The van der Waals surface area contributed by atoms with E-state index in [-0.39, 0.29) is 5.82 Å². The van der Waals surface area contributed by atoms with Crippen LogP contribution in [0.1, 0.15) is 24.3 Å². The highest BCUT2D eigenvalue weighted by Gasteiger charge is 2.24. The molecule has 1 fully saturated rings. The molecule has 29 heavy (non-hydrogen) atoms. The number of aromatic nitrogens is 3. The lowest BCUT2D eigenvalue weighted by Crippen LogP contribution is -2.34. The number of aromatic amines is 1. The summed E-state index contributed by atoms with van der Waals surface area (Å²) >= 11 is 0. The number of hydrogen-bond acceptors (Lipinski definition) is 4. The van der Waals surface area contributed by atoms with Crippen molar-refractivity contribution in [3.05, 3.63) is 78.4 Å². The van der Waals surface area contributed by atoms with E-state index in [0.717, 1.165) is 25.9 Å². The molecule has 146 valence electrons. The maximum atomic E-state index is 13.1. The minimum absolute atomic E-state index is 0.293. The van der Waals surface area contributed by atoms with Crippen molar-refractivity contribution in [3.8, 4) is 11.6 Å². The van der Waals surface area contributed by atoms with E-state index >= 15 is 0 Å². The molecule has 5 rings (SSSR count). The average Bonchev–Trinajstić information content (AvgIpc) is 3.20. The van der Waals surface area contributed by atoms with E-state index in [4.69, 9.17) is 4.74 Å². The Morgan fingerprint density at radius 3 is 2.62 bits per heavy atom. The second kappa shape index (κ2) is 7.54. The second-order valence-corrected chi connectivity index (χ2v) is 7.30. The molecule has 1 aliphatic rings. The number of H-pyrrole nitrogens is 1. The maximum absolute atomic E-state index is 13.1. The molecule has 5 nitrogen and oxygen atoms in total. The van der Waals surface area contributed by atoms with Crippen molar-refractivity contribution < 1.29 is 9.13 Å². The third-order valence-electron chi connectivity index (χ3n) is 5.49. The summed E-state index contributed by atoms with van der Waals surface area (Å²) in [5, 5.41) is 1.32. The smallest absolute Gasteiger partial charge is 0.228 e. The summed E-state index contributed by atoms with van der Waals surface area (Å²) < 4.78 is 18.8. The van der Waals surface area contributed by atoms with Gasteiger partial charge in [0.25, 0.3) is 0 Å². The molecule has 1 aliphatic heterocycles. The van der Waals surface area contributed by atoms with Gasteiger partial charge in [0.05, 0.1) is 0 Å². The normalized spacial score (nSPS) is 15.0. The van der Waals surface area contributed by atoms with Gasteiger partial charge in [-0.3, -0.25) is 0 Å². The monoisotopic (exact) mass is 388 g/mol. The molecule has 1 saturated heterocycles. The number of hydrogen-bond donors (Lipinski definition) is 1. The lowest BCUT2D eigenvalue weighted by molar-refractivity contribution is 0.455. The molecule has 0 saturated carbocycles. The second-order valence-electron chi connectivity index (χ2n) is 7.30. The predicted molar refractivity (Wildman–Crippen MR) is 111 cm³/mol. The Morgan fingerprint density at radius 1 is 1.00 bits per heavy atom. The van der Waals surface area contributed by atoms with E-state index < -0.39 is 0 Å². The highest BCUT2D eigenvalue weighted by molar-refractivity contribution is 5.83. The van der Waals surface area contributed by atoms with Crippen molar-refractivity contribution in [2.75, 3.05) is 18.0 Å². The molecule has 0 amide bonds. The fraction of sp³-hybridized carbons (Fsp3) is 0.217. The zero-order valence-electron chi connectivity index (χ0n) is 15.9. The number of fused-ring (bicyclic) bond motifs is 1. The Morgan fingerprint density at radius 2 is 1.79 bits per heavy atom. The first kappa shape index (κ1) is 17.7. The summed E-state index contributed by atoms with van der Waals surface area (Å²) in [6, 6.07) is 16.1. The number of ether oxygens (including phenoxy) is 1. The van der Waals surface area contributed by atoms with Crippen LogP contribution in [0.5, 0.6) is 11.6 Å². The number of halogens is 1. The third kappa shape index (κ3) is 3.66. The minimum atomic E-state index is -0.293. The fourth-order valence-electron chi connectivity index (χ4n) is 3.99. The molecule has 0 radical (unpaired) electrons. The molecule has 0 atom stereocenters. The van der Waals surface area contributed by atoms with Crippen LogP contribution < -0.4 is 9.64 Å². The van der Waals surface area contributed by atoms with Crippen molar-refractivity contribution >= 4 is 16.9 Å². The van der Waals surface area contributed by atoms with E-state index in [1.54, 1.807) is 24.4 Å². The van der Waals surface area contributed by atoms with Gasteiger partial charge in [-0.2, -0.15) is 4.98 Å². The quantitative estimate of drug-likeness (QED) is 0.517. The van der Waals surface area contributed by atoms with Gasteiger partial charge in [-0.15, -0.1) is 0 Å². The van der Waals surface area contributed by atoms with E-state index in [1.165, 1.54) is 28.6 Å². The van der Waals surface area contributed by atoms with Gasteiger partial charge in [-0.05, 0) is 54.7 Å². The molecule has 6 heteroatoms. The first-order chi connectivity index (χ1) is 14.3. The van der Waals surface area contributed by atoms with Crippen LogP contribution in [0.3, 0.4) is 0 Å². The van der Waals surface area contributed by atoms with Gasteiger partial charge in [0.2, 0.25) is 11.8 Å². The van der Waals surface area contributed by atoms with Gasteiger partial charge in [-0.1, -0.05) is 18.2 Å². The molecule has 2 aromatic carbocycles. The van der Waals surface area contributed by atoms with Crippen molar-refractivity contribution in [1.29, 1.82) is 0 Å². The molecular formula is C23H21FN4O.